The van der Waals surface area contributed by atoms with E-state index in [1.165, 1.54) is 5.56 Å². The highest BCUT2D eigenvalue weighted by molar-refractivity contribution is 5.38. The van der Waals surface area contributed by atoms with Gasteiger partial charge in [0.05, 0.1) is 7.11 Å². The van der Waals surface area contributed by atoms with Gasteiger partial charge in [-0.25, -0.2) is 0 Å². The Kier molecular flexibility index (Phi) is 4.86. The molecule has 0 fully saturated rings. The van der Waals surface area contributed by atoms with Crippen LogP contribution in [0.4, 0.5) is 0 Å². The molecule has 0 aromatic heterocycles. The SMILES string of the molecule is COc1ccc(C(O)C(C)Oc2cccc(C)c2C)cc1. The van der Waals surface area contributed by atoms with Crippen LogP contribution in [0.3, 0.4) is 0 Å². The van der Waals surface area contributed by atoms with Crippen LogP contribution in [0, 0.1) is 13.8 Å². The van der Waals surface area contributed by atoms with Crippen LogP contribution in [-0.4, -0.2) is 18.3 Å². The lowest BCUT2D eigenvalue weighted by Gasteiger charge is -2.22. The predicted molar refractivity (Wildman–Crippen MR) is 84.0 cm³/mol. The fraction of sp³-hybridized carbons (Fsp3) is 0.333. The quantitative estimate of drug-likeness (QED) is 0.908. The topological polar surface area (TPSA) is 38.7 Å². The monoisotopic (exact) mass is 286 g/mol. The number of aliphatic hydroxyl groups excluding tert-OH is 1. The number of ether oxygens (including phenoxy) is 2. The zero-order valence-electron chi connectivity index (χ0n) is 13.0. The molecule has 0 spiro atoms. The van der Waals surface area contributed by atoms with Crippen LogP contribution in [-0.2, 0) is 0 Å². The lowest BCUT2D eigenvalue weighted by Crippen LogP contribution is -2.22. The lowest BCUT2D eigenvalue weighted by atomic mass is 10.0. The minimum atomic E-state index is -0.684. The van der Waals surface area contributed by atoms with Crippen molar-refractivity contribution in [1.29, 1.82) is 0 Å². The second kappa shape index (κ2) is 6.64. The third-order valence-electron chi connectivity index (χ3n) is 3.77. The van der Waals surface area contributed by atoms with Crippen LogP contribution >= 0.6 is 0 Å². The maximum absolute atomic E-state index is 10.4. The summed E-state index contributed by atoms with van der Waals surface area (Å²) in [6, 6.07) is 13.3. The number of methoxy groups -OCH3 is 1. The van der Waals surface area contributed by atoms with Crippen molar-refractivity contribution in [3.63, 3.8) is 0 Å². The molecule has 0 bridgehead atoms. The highest BCUT2D eigenvalue weighted by Crippen LogP contribution is 2.26. The molecule has 0 saturated carbocycles. The fourth-order valence-corrected chi connectivity index (χ4v) is 2.19. The third-order valence-corrected chi connectivity index (χ3v) is 3.77. The average Bonchev–Trinajstić information content (AvgIpc) is 2.51. The first kappa shape index (κ1) is 15.4. The number of aliphatic hydroxyl groups is 1. The standard InChI is InChI=1S/C18H22O3/c1-12-6-5-7-17(13(12)2)21-14(3)18(19)15-8-10-16(20-4)11-9-15/h5-11,14,18-19H,1-4H3. The van der Waals surface area contributed by atoms with Gasteiger partial charge in [-0.3, -0.25) is 0 Å². The first-order chi connectivity index (χ1) is 10.0. The van der Waals surface area contributed by atoms with E-state index in [0.29, 0.717) is 0 Å². The summed E-state index contributed by atoms with van der Waals surface area (Å²) in [5.74, 6) is 1.59. The second-order valence-electron chi connectivity index (χ2n) is 5.24. The van der Waals surface area contributed by atoms with Crippen molar-refractivity contribution in [1.82, 2.24) is 0 Å². The van der Waals surface area contributed by atoms with Gasteiger partial charge in [-0.15, -0.1) is 0 Å². The zero-order chi connectivity index (χ0) is 15.4. The number of benzene rings is 2. The lowest BCUT2D eigenvalue weighted by molar-refractivity contribution is 0.0463. The average molecular weight is 286 g/mol. The van der Waals surface area contributed by atoms with E-state index in [4.69, 9.17) is 9.47 Å². The summed E-state index contributed by atoms with van der Waals surface area (Å²) < 4.78 is 11.0. The van der Waals surface area contributed by atoms with Gasteiger partial charge >= 0.3 is 0 Å². The van der Waals surface area contributed by atoms with Gasteiger partial charge in [0.25, 0.3) is 0 Å². The molecule has 2 aromatic rings. The molecule has 3 nitrogen and oxygen atoms in total. The van der Waals surface area contributed by atoms with Crippen LogP contribution in [0.2, 0.25) is 0 Å². The molecule has 1 N–H and O–H groups in total. The molecule has 2 aromatic carbocycles. The molecule has 0 heterocycles. The van der Waals surface area contributed by atoms with Gasteiger partial charge in [-0.05, 0) is 55.7 Å². The Bertz CT molecular complexity index is 590. The Morgan fingerprint density at radius 2 is 1.67 bits per heavy atom. The smallest absolute Gasteiger partial charge is 0.126 e. The Hall–Kier alpha value is -2.00. The minimum absolute atomic E-state index is 0.334. The summed E-state index contributed by atoms with van der Waals surface area (Å²) in [4.78, 5) is 0. The van der Waals surface area contributed by atoms with Crippen molar-refractivity contribution < 1.29 is 14.6 Å². The molecule has 112 valence electrons. The maximum atomic E-state index is 10.4. The second-order valence-corrected chi connectivity index (χ2v) is 5.24. The van der Waals surface area contributed by atoms with Crippen LogP contribution in [0.15, 0.2) is 42.5 Å². The van der Waals surface area contributed by atoms with E-state index in [0.717, 1.165) is 22.6 Å². The molecule has 2 atom stereocenters. The Morgan fingerprint density at radius 3 is 2.29 bits per heavy atom. The first-order valence-electron chi connectivity index (χ1n) is 7.08. The van der Waals surface area contributed by atoms with Crippen LogP contribution in [0.5, 0.6) is 11.5 Å². The van der Waals surface area contributed by atoms with Gasteiger partial charge in [0.1, 0.15) is 23.7 Å². The van der Waals surface area contributed by atoms with E-state index >= 15 is 0 Å². The van der Waals surface area contributed by atoms with Crippen LogP contribution < -0.4 is 9.47 Å². The van der Waals surface area contributed by atoms with Crippen LogP contribution in [0.25, 0.3) is 0 Å². The number of hydrogen-bond acceptors (Lipinski definition) is 3. The zero-order valence-corrected chi connectivity index (χ0v) is 13.0. The van der Waals surface area contributed by atoms with E-state index in [1.807, 2.05) is 63.2 Å². The summed E-state index contributed by atoms with van der Waals surface area (Å²) >= 11 is 0. The molecule has 0 aliphatic heterocycles. The van der Waals surface area contributed by atoms with Crippen molar-refractivity contribution in [3.05, 3.63) is 59.2 Å². The van der Waals surface area contributed by atoms with Gasteiger partial charge in [0, 0.05) is 0 Å². The molecule has 21 heavy (non-hydrogen) atoms. The molecular formula is C18H22O3. The van der Waals surface area contributed by atoms with Gasteiger partial charge in [0.15, 0.2) is 0 Å². The highest BCUT2D eigenvalue weighted by Gasteiger charge is 2.19. The van der Waals surface area contributed by atoms with Crippen LogP contribution in [0.1, 0.15) is 29.7 Å². The highest BCUT2D eigenvalue weighted by atomic mass is 16.5. The Morgan fingerprint density at radius 1 is 1.00 bits per heavy atom. The number of aryl methyl sites for hydroxylation is 1. The van der Waals surface area contributed by atoms with Gasteiger partial charge in [-0.1, -0.05) is 24.3 Å². The molecule has 3 heteroatoms. The van der Waals surface area contributed by atoms with E-state index in [-0.39, 0.29) is 6.10 Å². The summed E-state index contributed by atoms with van der Waals surface area (Å²) in [5, 5.41) is 10.4. The third kappa shape index (κ3) is 3.56. The molecule has 0 amide bonds. The van der Waals surface area contributed by atoms with Gasteiger partial charge in [0.2, 0.25) is 0 Å². The summed E-state index contributed by atoms with van der Waals surface area (Å²) in [5.41, 5.74) is 3.10. The van der Waals surface area contributed by atoms with Crippen molar-refractivity contribution in [2.45, 2.75) is 33.0 Å². The molecule has 0 saturated heterocycles. The molecular weight excluding hydrogens is 264 g/mol. The molecule has 0 aliphatic carbocycles. The minimum Gasteiger partial charge on any atom is -0.497 e. The fourth-order valence-electron chi connectivity index (χ4n) is 2.19. The van der Waals surface area contributed by atoms with E-state index < -0.39 is 6.10 Å². The summed E-state index contributed by atoms with van der Waals surface area (Å²) in [7, 11) is 1.62. The van der Waals surface area contributed by atoms with Crippen molar-refractivity contribution in [3.8, 4) is 11.5 Å². The Balaban J connectivity index is 2.11. The van der Waals surface area contributed by atoms with Gasteiger partial charge < -0.3 is 14.6 Å². The van der Waals surface area contributed by atoms with E-state index in [2.05, 4.69) is 0 Å². The Labute approximate surface area is 126 Å². The molecule has 2 rings (SSSR count). The molecule has 2 unspecified atom stereocenters. The number of hydrogen-bond donors (Lipinski definition) is 1. The first-order valence-corrected chi connectivity index (χ1v) is 7.08. The summed E-state index contributed by atoms with van der Waals surface area (Å²) in [6.07, 6.45) is -1.02. The van der Waals surface area contributed by atoms with E-state index in [9.17, 15) is 5.11 Å². The van der Waals surface area contributed by atoms with E-state index in [1.54, 1.807) is 7.11 Å². The van der Waals surface area contributed by atoms with Crippen molar-refractivity contribution in [2.24, 2.45) is 0 Å². The van der Waals surface area contributed by atoms with Crippen molar-refractivity contribution in [2.75, 3.05) is 7.11 Å². The molecule has 0 aliphatic rings. The summed E-state index contributed by atoms with van der Waals surface area (Å²) in [6.45, 7) is 5.95. The predicted octanol–water partition coefficient (Wildman–Crippen LogP) is 3.81. The largest absolute Gasteiger partial charge is 0.497 e. The normalized spacial score (nSPS) is 13.6. The van der Waals surface area contributed by atoms with Gasteiger partial charge in [-0.2, -0.15) is 0 Å². The maximum Gasteiger partial charge on any atom is 0.126 e. The molecule has 0 radical (unpaired) electrons. The number of rotatable bonds is 5. The van der Waals surface area contributed by atoms with Crippen molar-refractivity contribution >= 4 is 0 Å².